The van der Waals surface area contributed by atoms with Gasteiger partial charge in [0.1, 0.15) is 23.5 Å². The van der Waals surface area contributed by atoms with Gasteiger partial charge in [-0.2, -0.15) is 0 Å². The summed E-state index contributed by atoms with van der Waals surface area (Å²) >= 11 is 0. The van der Waals surface area contributed by atoms with Crippen LogP contribution in [0.3, 0.4) is 0 Å². The van der Waals surface area contributed by atoms with Crippen molar-refractivity contribution in [2.75, 3.05) is 21.3 Å². The first-order chi connectivity index (χ1) is 16.9. The molecule has 8 nitrogen and oxygen atoms in total. The monoisotopic (exact) mass is 480 g/mol. The van der Waals surface area contributed by atoms with Crippen molar-refractivity contribution in [3.8, 4) is 17.2 Å². The van der Waals surface area contributed by atoms with Crippen LogP contribution in [-0.4, -0.2) is 45.0 Å². The van der Waals surface area contributed by atoms with E-state index in [-0.39, 0.29) is 30.1 Å². The number of carbonyl (C=O) groups is 2. The molecule has 184 valence electrons. The van der Waals surface area contributed by atoms with Gasteiger partial charge in [0, 0.05) is 35.4 Å². The highest BCUT2D eigenvalue weighted by atomic mass is 16.8. The van der Waals surface area contributed by atoms with Gasteiger partial charge in [-0.3, -0.25) is 9.59 Å². The number of carbonyl (C=O) groups excluding carboxylic acids is 2. The highest BCUT2D eigenvalue weighted by Gasteiger charge is 2.36. The zero-order chi connectivity index (χ0) is 25.1. The van der Waals surface area contributed by atoms with Crippen LogP contribution in [0.25, 0.3) is 10.8 Å². The Kier molecular flexibility index (Phi) is 7.35. The Morgan fingerprint density at radius 2 is 1.83 bits per heavy atom. The molecule has 1 aliphatic carbocycles. The third-order valence-corrected chi connectivity index (χ3v) is 6.24. The number of ketones is 1. The van der Waals surface area contributed by atoms with Gasteiger partial charge in [-0.05, 0) is 48.7 Å². The smallest absolute Gasteiger partial charge is 0.272 e. The van der Waals surface area contributed by atoms with E-state index in [1.165, 1.54) is 14.2 Å². The molecule has 3 aromatic rings. The van der Waals surface area contributed by atoms with Crippen LogP contribution in [0, 0.1) is 6.92 Å². The third-order valence-electron chi connectivity index (χ3n) is 6.24. The molecule has 0 amide bonds. The number of Topliss-reactive ketones (excluding diaryl/α,β-unsaturated/α-hetero) is 1. The number of hydrogen-bond donors (Lipinski definition) is 1. The summed E-state index contributed by atoms with van der Waals surface area (Å²) in [5, 5.41) is 12.0. The Bertz CT molecular complexity index is 1250. The molecule has 1 aliphatic rings. The summed E-state index contributed by atoms with van der Waals surface area (Å²) in [5.41, 5.74) is 2.64. The Labute approximate surface area is 203 Å². The Balaban J connectivity index is 1.68. The average Bonchev–Trinajstić information content (AvgIpc) is 2.88. The maximum atomic E-state index is 12.9. The van der Waals surface area contributed by atoms with Crippen molar-refractivity contribution in [3.05, 3.63) is 64.2 Å². The molecule has 4 rings (SSSR count). The molecule has 0 fully saturated rings. The number of phenolic OH excluding ortho intramolecular Hbond substituents is 1. The zero-order valence-electron chi connectivity index (χ0n) is 20.1. The van der Waals surface area contributed by atoms with Crippen molar-refractivity contribution in [2.45, 2.75) is 39.0 Å². The molecule has 0 radical (unpaired) electrons. The average molecular weight is 481 g/mol. The third kappa shape index (κ3) is 4.73. The largest absolute Gasteiger partial charge is 0.507 e. The van der Waals surface area contributed by atoms with E-state index in [0.29, 0.717) is 34.1 Å². The van der Waals surface area contributed by atoms with Crippen LogP contribution in [0.15, 0.2) is 36.4 Å². The Morgan fingerprint density at radius 3 is 2.46 bits per heavy atom. The number of methoxy groups -OCH3 is 3. The first kappa shape index (κ1) is 24.7. The fourth-order valence-corrected chi connectivity index (χ4v) is 4.42. The maximum Gasteiger partial charge on any atom is 0.272 e. The van der Waals surface area contributed by atoms with E-state index < -0.39 is 12.6 Å². The van der Waals surface area contributed by atoms with Crippen LogP contribution in [0.1, 0.15) is 56.4 Å². The van der Waals surface area contributed by atoms with E-state index in [1.807, 2.05) is 24.3 Å². The molecular formula is C27H28O8. The van der Waals surface area contributed by atoms with Crippen LogP contribution < -0.4 is 9.47 Å². The quantitative estimate of drug-likeness (QED) is 0.342. The minimum atomic E-state index is -1.02. The predicted molar refractivity (Wildman–Crippen MR) is 128 cm³/mol. The molecule has 0 bridgehead atoms. The minimum absolute atomic E-state index is 0.135. The second-order valence-corrected chi connectivity index (χ2v) is 8.31. The summed E-state index contributed by atoms with van der Waals surface area (Å²) in [5.74, 6) is 0.743. The number of fused-ring (bicyclic) bond motifs is 2. The summed E-state index contributed by atoms with van der Waals surface area (Å²) < 4.78 is 28.3. The molecule has 0 spiro atoms. The molecule has 2 atom stereocenters. The van der Waals surface area contributed by atoms with Crippen LogP contribution in [0.5, 0.6) is 17.2 Å². The van der Waals surface area contributed by atoms with Crippen LogP contribution in [0.2, 0.25) is 0 Å². The van der Waals surface area contributed by atoms with Gasteiger partial charge in [0.05, 0.1) is 32.5 Å². The summed E-state index contributed by atoms with van der Waals surface area (Å²) in [6.45, 7) is 1.01. The molecule has 3 aromatic carbocycles. The summed E-state index contributed by atoms with van der Waals surface area (Å²) in [7, 11) is 4.57. The standard InChI is InChI=1S/C27H28O8/c1-15-11-20-19(12-17(15)13-28)25(30)23-21(29)9-10-22(24(23)26(20)32-3)35-27(33-4)34-14-16-5-7-18(31-2)8-6-16/h5-8,11-13,22,27,30H,9-10,14H2,1-4H3/t22-,27?/m0/s1. The van der Waals surface area contributed by atoms with Crippen LogP contribution in [-0.2, 0) is 20.8 Å². The lowest BCUT2D eigenvalue weighted by atomic mass is 9.83. The number of phenols is 1. The normalized spacial score (nSPS) is 16.1. The predicted octanol–water partition coefficient (Wildman–Crippen LogP) is 4.86. The van der Waals surface area contributed by atoms with E-state index in [1.54, 1.807) is 26.2 Å². The van der Waals surface area contributed by atoms with Gasteiger partial charge in [0.2, 0.25) is 0 Å². The maximum absolute atomic E-state index is 12.9. The fraction of sp³-hybridized carbons (Fsp3) is 0.333. The fourth-order valence-electron chi connectivity index (χ4n) is 4.42. The lowest BCUT2D eigenvalue weighted by Crippen LogP contribution is -2.26. The molecule has 8 heteroatoms. The highest BCUT2D eigenvalue weighted by Crippen LogP contribution is 2.48. The van der Waals surface area contributed by atoms with Crippen molar-refractivity contribution >= 4 is 22.8 Å². The zero-order valence-corrected chi connectivity index (χ0v) is 20.1. The van der Waals surface area contributed by atoms with E-state index in [9.17, 15) is 14.7 Å². The first-order valence-electron chi connectivity index (χ1n) is 11.2. The Morgan fingerprint density at radius 1 is 1.09 bits per heavy atom. The molecule has 1 unspecified atom stereocenters. The van der Waals surface area contributed by atoms with Crippen molar-refractivity contribution in [1.82, 2.24) is 0 Å². The number of hydrogen-bond acceptors (Lipinski definition) is 8. The van der Waals surface area contributed by atoms with Gasteiger partial charge in [-0.25, -0.2) is 0 Å². The number of aryl methyl sites for hydroxylation is 1. The van der Waals surface area contributed by atoms with Crippen molar-refractivity contribution < 1.29 is 38.4 Å². The van der Waals surface area contributed by atoms with Crippen molar-refractivity contribution in [1.29, 1.82) is 0 Å². The minimum Gasteiger partial charge on any atom is -0.507 e. The molecule has 0 aliphatic heterocycles. The van der Waals surface area contributed by atoms with Gasteiger partial charge < -0.3 is 28.8 Å². The van der Waals surface area contributed by atoms with Crippen LogP contribution in [0.4, 0.5) is 0 Å². The highest BCUT2D eigenvalue weighted by molar-refractivity contribution is 6.10. The van der Waals surface area contributed by atoms with E-state index >= 15 is 0 Å². The van der Waals surface area contributed by atoms with E-state index in [4.69, 9.17) is 23.7 Å². The summed E-state index contributed by atoms with van der Waals surface area (Å²) in [6, 6.07) is 10.8. The number of aldehydes is 1. The number of benzene rings is 3. The number of aromatic hydroxyl groups is 1. The second-order valence-electron chi connectivity index (χ2n) is 8.31. The molecule has 1 N–H and O–H groups in total. The van der Waals surface area contributed by atoms with Gasteiger partial charge >= 0.3 is 0 Å². The second kappa shape index (κ2) is 10.4. The topological polar surface area (TPSA) is 101 Å². The van der Waals surface area contributed by atoms with Gasteiger partial charge in [0.25, 0.3) is 6.48 Å². The first-order valence-corrected chi connectivity index (χ1v) is 11.2. The lowest BCUT2D eigenvalue weighted by molar-refractivity contribution is -0.302. The Hall–Kier alpha value is -3.46. The summed E-state index contributed by atoms with van der Waals surface area (Å²) in [4.78, 5) is 24.3. The van der Waals surface area contributed by atoms with Crippen molar-refractivity contribution in [2.24, 2.45) is 0 Å². The molecule has 0 saturated heterocycles. The molecule has 0 aromatic heterocycles. The molecule has 35 heavy (non-hydrogen) atoms. The SMILES string of the molecule is COc1ccc(COC(OC)O[C@H]2CCC(=O)c3c2c(OC)c2cc(C)c(C=O)cc2c3O)cc1. The van der Waals surface area contributed by atoms with Crippen LogP contribution >= 0.6 is 0 Å². The van der Waals surface area contributed by atoms with Crippen molar-refractivity contribution in [3.63, 3.8) is 0 Å². The van der Waals surface area contributed by atoms with E-state index in [2.05, 4.69) is 0 Å². The summed E-state index contributed by atoms with van der Waals surface area (Å²) in [6.07, 6.45) is 0.628. The molecular weight excluding hydrogens is 452 g/mol. The van der Waals surface area contributed by atoms with Gasteiger partial charge in [0.15, 0.2) is 5.78 Å². The molecule has 0 saturated carbocycles. The molecule has 0 heterocycles. The van der Waals surface area contributed by atoms with Gasteiger partial charge in [-0.1, -0.05) is 12.1 Å². The van der Waals surface area contributed by atoms with E-state index in [0.717, 1.165) is 23.2 Å². The lowest BCUT2D eigenvalue weighted by Gasteiger charge is -2.31. The number of ether oxygens (including phenoxy) is 5. The number of rotatable bonds is 9. The van der Waals surface area contributed by atoms with Gasteiger partial charge in [-0.15, -0.1) is 0 Å².